The van der Waals surface area contributed by atoms with E-state index in [0.29, 0.717) is 19.6 Å². The summed E-state index contributed by atoms with van der Waals surface area (Å²) >= 11 is 0. The van der Waals surface area contributed by atoms with Crippen molar-refractivity contribution in [2.75, 3.05) is 32.0 Å². The van der Waals surface area contributed by atoms with Crippen molar-refractivity contribution in [1.82, 2.24) is 30.0 Å². The van der Waals surface area contributed by atoms with Crippen LogP contribution in [0.1, 0.15) is 12.5 Å². The van der Waals surface area contributed by atoms with Crippen molar-refractivity contribution in [3.63, 3.8) is 0 Å². The standard InChI is InChI=1S/C19H25FN8/c1-4-21-19(27(2)12-14-6-5-7-15(20)10-14)23-9-8-22-17-16-11-26-28(3)18(16)25-13-24-17/h5-7,10-11,13H,4,8-9,12H2,1-3H3,(H,21,23)(H,22,24,25). The Morgan fingerprint density at radius 2 is 2.18 bits per heavy atom. The maximum Gasteiger partial charge on any atom is 0.194 e. The van der Waals surface area contributed by atoms with Gasteiger partial charge in [0.2, 0.25) is 0 Å². The van der Waals surface area contributed by atoms with Crippen LogP contribution in [0.3, 0.4) is 0 Å². The van der Waals surface area contributed by atoms with Crippen LogP contribution in [0.2, 0.25) is 0 Å². The molecule has 2 N–H and O–H groups in total. The third kappa shape index (κ3) is 4.73. The second-order valence-corrected chi connectivity index (χ2v) is 6.38. The Labute approximate surface area is 163 Å². The van der Waals surface area contributed by atoms with Crippen molar-refractivity contribution in [1.29, 1.82) is 0 Å². The van der Waals surface area contributed by atoms with Gasteiger partial charge in [0.1, 0.15) is 18.0 Å². The van der Waals surface area contributed by atoms with Crippen molar-refractivity contribution >= 4 is 22.8 Å². The van der Waals surface area contributed by atoms with Gasteiger partial charge in [0, 0.05) is 33.7 Å². The summed E-state index contributed by atoms with van der Waals surface area (Å²) in [6.45, 7) is 4.51. The van der Waals surface area contributed by atoms with Gasteiger partial charge in [-0.25, -0.2) is 14.4 Å². The van der Waals surface area contributed by atoms with Gasteiger partial charge in [-0.2, -0.15) is 5.10 Å². The zero-order valence-electron chi connectivity index (χ0n) is 16.4. The van der Waals surface area contributed by atoms with E-state index in [2.05, 4.69) is 30.7 Å². The molecule has 28 heavy (non-hydrogen) atoms. The minimum absolute atomic E-state index is 0.233. The van der Waals surface area contributed by atoms with E-state index in [4.69, 9.17) is 0 Å². The third-order valence-electron chi connectivity index (χ3n) is 4.20. The lowest BCUT2D eigenvalue weighted by atomic mass is 10.2. The lowest BCUT2D eigenvalue weighted by Crippen LogP contribution is -2.38. The van der Waals surface area contributed by atoms with Gasteiger partial charge in [-0.05, 0) is 24.6 Å². The molecule has 0 fully saturated rings. The summed E-state index contributed by atoms with van der Waals surface area (Å²) in [4.78, 5) is 15.1. The average Bonchev–Trinajstić information content (AvgIpc) is 3.06. The SMILES string of the molecule is CCNC(=NCCNc1ncnc2c1cnn2C)N(C)Cc1cccc(F)c1. The number of benzene rings is 1. The molecule has 2 aromatic heterocycles. The molecule has 0 bridgehead atoms. The molecule has 148 valence electrons. The predicted molar refractivity (Wildman–Crippen MR) is 109 cm³/mol. The molecule has 0 saturated carbocycles. The molecule has 3 rings (SSSR count). The summed E-state index contributed by atoms with van der Waals surface area (Å²) in [5.41, 5.74) is 1.68. The number of aryl methyl sites for hydroxylation is 1. The van der Waals surface area contributed by atoms with Gasteiger partial charge in [0.25, 0.3) is 0 Å². The Bertz CT molecular complexity index is 952. The minimum atomic E-state index is -0.233. The molecule has 0 atom stereocenters. The number of aromatic nitrogens is 4. The summed E-state index contributed by atoms with van der Waals surface area (Å²) in [5, 5.41) is 11.6. The Hall–Kier alpha value is -3.23. The number of nitrogens with one attached hydrogen (secondary N) is 2. The number of guanidine groups is 1. The number of aliphatic imine (C=N–C) groups is 1. The highest BCUT2D eigenvalue weighted by Crippen LogP contribution is 2.17. The minimum Gasteiger partial charge on any atom is -0.367 e. The highest BCUT2D eigenvalue weighted by molar-refractivity contribution is 5.86. The molecule has 9 heteroatoms. The van der Waals surface area contributed by atoms with Gasteiger partial charge in [0.05, 0.1) is 18.1 Å². The Kier molecular flexibility index (Phi) is 6.36. The van der Waals surface area contributed by atoms with Crippen LogP contribution in [0, 0.1) is 5.82 Å². The van der Waals surface area contributed by atoms with Crippen molar-refractivity contribution in [3.05, 3.63) is 48.2 Å². The second kappa shape index (κ2) is 9.12. The summed E-state index contributed by atoms with van der Waals surface area (Å²) in [6, 6.07) is 6.60. The van der Waals surface area contributed by atoms with Gasteiger partial charge in [-0.15, -0.1) is 0 Å². The van der Waals surface area contributed by atoms with Crippen molar-refractivity contribution in [3.8, 4) is 0 Å². The number of halogens is 1. The highest BCUT2D eigenvalue weighted by atomic mass is 19.1. The third-order valence-corrected chi connectivity index (χ3v) is 4.20. The molecule has 0 spiro atoms. The average molecular weight is 384 g/mol. The molecule has 0 radical (unpaired) electrons. The van der Waals surface area contributed by atoms with Crippen LogP contribution in [0.25, 0.3) is 11.0 Å². The van der Waals surface area contributed by atoms with E-state index < -0.39 is 0 Å². The van der Waals surface area contributed by atoms with Gasteiger partial charge >= 0.3 is 0 Å². The lowest BCUT2D eigenvalue weighted by molar-refractivity contribution is 0.475. The second-order valence-electron chi connectivity index (χ2n) is 6.38. The van der Waals surface area contributed by atoms with Crippen molar-refractivity contribution in [2.24, 2.45) is 12.0 Å². The van der Waals surface area contributed by atoms with Crippen molar-refractivity contribution in [2.45, 2.75) is 13.5 Å². The maximum absolute atomic E-state index is 13.4. The van der Waals surface area contributed by atoms with E-state index in [1.807, 2.05) is 32.0 Å². The maximum atomic E-state index is 13.4. The van der Waals surface area contributed by atoms with E-state index in [1.54, 1.807) is 16.9 Å². The van der Waals surface area contributed by atoms with E-state index in [9.17, 15) is 4.39 Å². The van der Waals surface area contributed by atoms with Crippen LogP contribution in [0.5, 0.6) is 0 Å². The summed E-state index contributed by atoms with van der Waals surface area (Å²) in [7, 11) is 3.78. The van der Waals surface area contributed by atoms with Crippen LogP contribution in [0.15, 0.2) is 41.8 Å². The molecular weight excluding hydrogens is 359 g/mol. The zero-order valence-corrected chi connectivity index (χ0v) is 16.4. The van der Waals surface area contributed by atoms with Gasteiger partial charge in [0.15, 0.2) is 11.6 Å². The molecule has 0 saturated heterocycles. The van der Waals surface area contributed by atoms with Crippen LogP contribution in [0.4, 0.5) is 10.2 Å². The normalized spacial score (nSPS) is 11.6. The number of nitrogens with zero attached hydrogens (tertiary/aromatic N) is 6. The highest BCUT2D eigenvalue weighted by Gasteiger charge is 2.08. The Morgan fingerprint density at radius 1 is 1.32 bits per heavy atom. The quantitative estimate of drug-likeness (QED) is 0.368. The number of anilines is 1. The fourth-order valence-electron chi connectivity index (χ4n) is 2.89. The largest absolute Gasteiger partial charge is 0.367 e. The molecule has 0 aliphatic rings. The number of hydrogen-bond acceptors (Lipinski definition) is 5. The molecule has 2 heterocycles. The molecule has 0 amide bonds. The Balaban J connectivity index is 1.60. The van der Waals surface area contributed by atoms with Crippen molar-refractivity contribution < 1.29 is 4.39 Å². The predicted octanol–water partition coefficient (Wildman–Crippen LogP) is 2.01. The van der Waals surface area contributed by atoms with E-state index in [0.717, 1.165) is 34.9 Å². The Morgan fingerprint density at radius 3 is 2.96 bits per heavy atom. The molecule has 0 aliphatic heterocycles. The first-order valence-electron chi connectivity index (χ1n) is 9.19. The van der Waals surface area contributed by atoms with Crippen LogP contribution in [-0.4, -0.2) is 57.3 Å². The van der Waals surface area contributed by atoms with Crippen LogP contribution < -0.4 is 10.6 Å². The van der Waals surface area contributed by atoms with Gasteiger partial charge < -0.3 is 15.5 Å². The number of rotatable bonds is 7. The smallest absolute Gasteiger partial charge is 0.194 e. The molecular formula is C19H25FN8. The van der Waals surface area contributed by atoms with Crippen LogP contribution in [-0.2, 0) is 13.6 Å². The number of hydrogen-bond donors (Lipinski definition) is 2. The molecule has 1 aromatic carbocycles. The van der Waals surface area contributed by atoms with E-state index in [1.165, 1.54) is 18.5 Å². The zero-order chi connectivity index (χ0) is 19.9. The molecule has 3 aromatic rings. The summed E-state index contributed by atoms with van der Waals surface area (Å²) in [6.07, 6.45) is 3.27. The summed E-state index contributed by atoms with van der Waals surface area (Å²) in [5.74, 6) is 1.28. The summed E-state index contributed by atoms with van der Waals surface area (Å²) < 4.78 is 15.1. The first-order chi connectivity index (χ1) is 13.6. The topological polar surface area (TPSA) is 83.3 Å². The fourth-order valence-corrected chi connectivity index (χ4v) is 2.89. The molecule has 8 nitrogen and oxygen atoms in total. The van der Waals surface area contributed by atoms with E-state index >= 15 is 0 Å². The lowest BCUT2D eigenvalue weighted by Gasteiger charge is -2.22. The fraction of sp³-hybridized carbons (Fsp3) is 0.368. The van der Waals surface area contributed by atoms with Gasteiger partial charge in [-0.1, -0.05) is 12.1 Å². The first kappa shape index (κ1) is 19.5. The van der Waals surface area contributed by atoms with E-state index in [-0.39, 0.29) is 5.82 Å². The monoisotopic (exact) mass is 384 g/mol. The van der Waals surface area contributed by atoms with Crippen LogP contribution >= 0.6 is 0 Å². The number of fused-ring (bicyclic) bond motifs is 1. The van der Waals surface area contributed by atoms with Gasteiger partial charge in [-0.3, -0.25) is 9.67 Å². The first-order valence-corrected chi connectivity index (χ1v) is 9.19. The molecule has 0 aliphatic carbocycles. The molecule has 0 unspecified atom stereocenters.